The Labute approximate surface area is 96.1 Å². The summed E-state index contributed by atoms with van der Waals surface area (Å²) < 4.78 is 0. The summed E-state index contributed by atoms with van der Waals surface area (Å²) in [6, 6.07) is 10.5. The van der Waals surface area contributed by atoms with Crippen molar-refractivity contribution in [1.82, 2.24) is 0 Å². The molecule has 0 spiro atoms. The number of benzene rings is 1. The molecule has 1 atom stereocenters. The van der Waals surface area contributed by atoms with Gasteiger partial charge in [0.1, 0.15) is 5.54 Å². The fourth-order valence-corrected chi connectivity index (χ4v) is 2.74. The zero-order chi connectivity index (χ0) is 11.0. The van der Waals surface area contributed by atoms with Gasteiger partial charge in [0.05, 0.1) is 5.70 Å². The highest BCUT2D eigenvalue weighted by Crippen LogP contribution is 2.46. The average molecular weight is 212 g/mol. The van der Waals surface area contributed by atoms with Crippen molar-refractivity contribution in [2.45, 2.75) is 38.1 Å². The molecule has 1 aliphatic carbocycles. The summed E-state index contributed by atoms with van der Waals surface area (Å²) in [5.74, 6) is 0. The Morgan fingerprint density at radius 2 is 1.81 bits per heavy atom. The summed E-state index contributed by atoms with van der Waals surface area (Å²) in [7, 11) is 0. The topological polar surface area (TPSA) is 24.7 Å². The molecule has 0 saturated heterocycles. The van der Waals surface area contributed by atoms with Gasteiger partial charge in [0.2, 0.25) is 0 Å². The third kappa shape index (κ3) is 1.33. The van der Waals surface area contributed by atoms with E-state index in [2.05, 4.69) is 47.5 Å². The van der Waals surface area contributed by atoms with Gasteiger partial charge in [-0.05, 0) is 43.7 Å². The van der Waals surface area contributed by atoms with E-state index in [4.69, 9.17) is 0 Å². The van der Waals surface area contributed by atoms with E-state index in [9.17, 15) is 0 Å². The van der Waals surface area contributed by atoms with Gasteiger partial charge in [-0.25, -0.2) is 0 Å². The molecule has 0 amide bonds. The minimum atomic E-state index is -0.184. The Bertz CT molecular complexity index is 459. The first-order valence-corrected chi connectivity index (χ1v) is 6.02. The van der Waals surface area contributed by atoms with Crippen LogP contribution in [0.3, 0.4) is 0 Å². The molecule has 0 bridgehead atoms. The average Bonchev–Trinajstić information content (AvgIpc) is 2.71. The van der Waals surface area contributed by atoms with E-state index in [1.165, 1.54) is 29.7 Å². The van der Waals surface area contributed by atoms with Gasteiger partial charge in [0.25, 0.3) is 0 Å². The number of azo groups is 1. The zero-order valence-corrected chi connectivity index (χ0v) is 9.61. The van der Waals surface area contributed by atoms with Gasteiger partial charge in [-0.3, -0.25) is 0 Å². The maximum absolute atomic E-state index is 4.53. The Morgan fingerprint density at radius 3 is 2.62 bits per heavy atom. The Hall–Kier alpha value is -1.44. The van der Waals surface area contributed by atoms with Crippen LogP contribution in [-0.2, 0) is 5.54 Å². The summed E-state index contributed by atoms with van der Waals surface area (Å²) in [4.78, 5) is 0. The van der Waals surface area contributed by atoms with Gasteiger partial charge in [-0.2, -0.15) is 10.2 Å². The summed E-state index contributed by atoms with van der Waals surface area (Å²) in [5, 5.41) is 8.93. The second kappa shape index (κ2) is 3.55. The van der Waals surface area contributed by atoms with E-state index < -0.39 is 0 Å². The van der Waals surface area contributed by atoms with E-state index >= 15 is 0 Å². The third-order valence-corrected chi connectivity index (χ3v) is 3.73. The van der Waals surface area contributed by atoms with E-state index in [1.807, 2.05) is 0 Å². The molecular formula is C14H16N2. The normalized spacial score (nSPS) is 28.3. The van der Waals surface area contributed by atoms with E-state index in [-0.39, 0.29) is 5.54 Å². The molecule has 1 aromatic rings. The van der Waals surface area contributed by atoms with E-state index in [0.717, 1.165) is 12.8 Å². The largest absolute Gasteiger partial charge is 0.173 e. The summed E-state index contributed by atoms with van der Waals surface area (Å²) in [5.41, 5.74) is 3.78. The van der Waals surface area contributed by atoms with Crippen LogP contribution in [0, 0.1) is 0 Å². The molecule has 0 saturated carbocycles. The summed E-state index contributed by atoms with van der Waals surface area (Å²) in [6.45, 7) is 2.19. The smallest absolute Gasteiger partial charge is 0.127 e. The maximum atomic E-state index is 4.53. The van der Waals surface area contributed by atoms with Crippen molar-refractivity contribution in [2.24, 2.45) is 10.2 Å². The van der Waals surface area contributed by atoms with Crippen LogP contribution in [0.25, 0.3) is 0 Å². The molecule has 2 nitrogen and oxygen atoms in total. The molecule has 3 rings (SSSR count). The summed E-state index contributed by atoms with van der Waals surface area (Å²) in [6.07, 6.45) is 4.82. The molecule has 0 fully saturated rings. The fraction of sp³-hybridized carbons (Fsp3) is 0.429. The first-order valence-electron chi connectivity index (χ1n) is 6.02. The Morgan fingerprint density at radius 1 is 1.06 bits per heavy atom. The molecule has 82 valence electrons. The van der Waals surface area contributed by atoms with Crippen LogP contribution in [-0.4, -0.2) is 0 Å². The van der Waals surface area contributed by atoms with Crippen molar-refractivity contribution in [3.63, 3.8) is 0 Å². The van der Waals surface area contributed by atoms with Crippen LogP contribution < -0.4 is 0 Å². The second-order valence-corrected chi connectivity index (χ2v) is 4.77. The van der Waals surface area contributed by atoms with Gasteiger partial charge in [-0.1, -0.05) is 30.3 Å². The minimum Gasteiger partial charge on any atom is -0.173 e. The number of hydrogen-bond donors (Lipinski definition) is 0. The Kier molecular flexibility index (Phi) is 2.16. The molecule has 1 heterocycles. The molecule has 1 aliphatic heterocycles. The second-order valence-electron chi connectivity index (χ2n) is 4.77. The monoisotopic (exact) mass is 212 g/mol. The minimum absolute atomic E-state index is 0.184. The number of hydrogen-bond acceptors (Lipinski definition) is 2. The van der Waals surface area contributed by atoms with E-state index in [0.29, 0.717) is 0 Å². The van der Waals surface area contributed by atoms with Gasteiger partial charge < -0.3 is 0 Å². The van der Waals surface area contributed by atoms with Crippen molar-refractivity contribution in [3.05, 3.63) is 47.2 Å². The van der Waals surface area contributed by atoms with Crippen molar-refractivity contribution < 1.29 is 0 Å². The van der Waals surface area contributed by atoms with Crippen molar-refractivity contribution in [1.29, 1.82) is 0 Å². The summed E-state index contributed by atoms with van der Waals surface area (Å²) >= 11 is 0. The number of rotatable bonds is 1. The van der Waals surface area contributed by atoms with Crippen molar-refractivity contribution in [2.75, 3.05) is 0 Å². The highest BCUT2D eigenvalue weighted by Gasteiger charge is 2.38. The molecule has 2 heteroatoms. The predicted octanol–water partition coefficient (Wildman–Crippen LogP) is 4.20. The van der Waals surface area contributed by atoms with Gasteiger partial charge in [0, 0.05) is 0 Å². The third-order valence-electron chi connectivity index (χ3n) is 3.73. The molecule has 1 aromatic carbocycles. The first kappa shape index (κ1) is 9.76. The molecular weight excluding hydrogens is 196 g/mol. The number of allylic oxidation sites excluding steroid dienone is 1. The van der Waals surface area contributed by atoms with E-state index in [1.54, 1.807) is 0 Å². The van der Waals surface area contributed by atoms with Crippen LogP contribution in [0.1, 0.15) is 38.2 Å². The van der Waals surface area contributed by atoms with Gasteiger partial charge in [0.15, 0.2) is 0 Å². The van der Waals surface area contributed by atoms with Crippen molar-refractivity contribution in [3.8, 4) is 0 Å². The first-order chi connectivity index (χ1) is 7.81. The van der Waals surface area contributed by atoms with Crippen LogP contribution in [0.15, 0.2) is 51.8 Å². The quantitative estimate of drug-likeness (QED) is 0.666. The predicted molar refractivity (Wildman–Crippen MR) is 64.1 cm³/mol. The van der Waals surface area contributed by atoms with Crippen LogP contribution >= 0.6 is 0 Å². The maximum Gasteiger partial charge on any atom is 0.127 e. The van der Waals surface area contributed by atoms with Gasteiger partial charge >= 0.3 is 0 Å². The SMILES string of the molecule is CC1(c2ccccc2)N=NC2=C1CCCC2. The molecule has 0 N–H and O–H groups in total. The molecule has 2 aliphatic rings. The van der Waals surface area contributed by atoms with Crippen molar-refractivity contribution >= 4 is 0 Å². The zero-order valence-electron chi connectivity index (χ0n) is 9.61. The molecule has 0 aromatic heterocycles. The molecule has 1 unspecified atom stereocenters. The lowest BCUT2D eigenvalue weighted by atomic mass is 9.79. The lowest BCUT2D eigenvalue weighted by Crippen LogP contribution is -2.21. The van der Waals surface area contributed by atoms with Gasteiger partial charge in [-0.15, -0.1) is 0 Å². The standard InChI is InChI=1S/C14H16N2/c1-14(11-7-3-2-4-8-11)12-9-5-6-10-13(12)15-16-14/h2-4,7-8H,5-6,9-10H2,1H3. The lowest BCUT2D eigenvalue weighted by molar-refractivity contribution is 0.537. The fourth-order valence-electron chi connectivity index (χ4n) is 2.74. The van der Waals surface area contributed by atoms with Crippen LogP contribution in [0.4, 0.5) is 0 Å². The highest BCUT2D eigenvalue weighted by atomic mass is 15.2. The Balaban J connectivity index is 2.07. The van der Waals surface area contributed by atoms with Crippen LogP contribution in [0.2, 0.25) is 0 Å². The van der Waals surface area contributed by atoms with Crippen LogP contribution in [0.5, 0.6) is 0 Å². The number of nitrogens with zero attached hydrogens (tertiary/aromatic N) is 2. The lowest BCUT2D eigenvalue weighted by Gasteiger charge is -2.26. The molecule has 16 heavy (non-hydrogen) atoms. The molecule has 0 radical (unpaired) electrons. The highest BCUT2D eigenvalue weighted by molar-refractivity contribution is 5.40.